The molecular weight excluding hydrogens is 345 g/mol. The second-order valence-electron chi connectivity index (χ2n) is 5.69. The van der Waals surface area contributed by atoms with Crippen molar-refractivity contribution in [3.8, 4) is 0 Å². The van der Waals surface area contributed by atoms with E-state index in [1.165, 1.54) is 12.1 Å². The van der Waals surface area contributed by atoms with E-state index in [9.17, 15) is 14.0 Å². The van der Waals surface area contributed by atoms with Gasteiger partial charge in [-0.1, -0.05) is 23.7 Å². The summed E-state index contributed by atoms with van der Waals surface area (Å²) in [4.78, 5) is 25.7. The molecule has 1 aliphatic heterocycles. The van der Waals surface area contributed by atoms with Crippen LogP contribution in [0.2, 0.25) is 5.02 Å². The molecular formula is C18H17ClFN3O2. The van der Waals surface area contributed by atoms with E-state index in [-0.39, 0.29) is 23.2 Å². The lowest BCUT2D eigenvalue weighted by atomic mass is 10.2. The van der Waals surface area contributed by atoms with Crippen LogP contribution >= 0.6 is 11.6 Å². The lowest BCUT2D eigenvalue weighted by Crippen LogP contribution is -2.26. The van der Waals surface area contributed by atoms with E-state index in [1.54, 1.807) is 11.0 Å². The molecule has 1 saturated heterocycles. The first-order valence-corrected chi connectivity index (χ1v) is 8.30. The molecule has 1 aliphatic rings. The van der Waals surface area contributed by atoms with E-state index < -0.39 is 11.7 Å². The average molecular weight is 362 g/mol. The van der Waals surface area contributed by atoms with E-state index in [1.807, 2.05) is 18.2 Å². The van der Waals surface area contributed by atoms with Crippen LogP contribution in [0.5, 0.6) is 0 Å². The zero-order valence-electron chi connectivity index (χ0n) is 13.4. The summed E-state index contributed by atoms with van der Waals surface area (Å²) >= 11 is 5.69. The summed E-state index contributed by atoms with van der Waals surface area (Å²) in [6, 6.07) is 11.4. The molecule has 3 rings (SSSR count). The number of anilines is 3. The third-order valence-electron chi connectivity index (χ3n) is 3.91. The number of rotatable bonds is 5. The molecule has 0 saturated carbocycles. The highest BCUT2D eigenvalue weighted by molar-refractivity contribution is 6.30. The van der Waals surface area contributed by atoms with Crippen molar-refractivity contribution in [1.29, 1.82) is 0 Å². The van der Waals surface area contributed by atoms with Gasteiger partial charge in [0.15, 0.2) is 0 Å². The number of para-hydroxylation sites is 2. The highest BCUT2D eigenvalue weighted by Crippen LogP contribution is 2.29. The topological polar surface area (TPSA) is 61.4 Å². The molecule has 0 aromatic heterocycles. The number of hydrogen-bond donors (Lipinski definition) is 2. The fraction of sp³-hybridized carbons (Fsp3) is 0.222. The normalized spacial score (nSPS) is 13.8. The van der Waals surface area contributed by atoms with Crippen LogP contribution < -0.4 is 15.5 Å². The molecule has 7 heteroatoms. The number of halogens is 2. The van der Waals surface area contributed by atoms with E-state index in [0.717, 1.165) is 18.2 Å². The summed E-state index contributed by atoms with van der Waals surface area (Å²) in [7, 11) is 0. The molecule has 130 valence electrons. The lowest BCUT2D eigenvalue weighted by molar-refractivity contribution is -0.117. The first kappa shape index (κ1) is 17.2. The summed E-state index contributed by atoms with van der Waals surface area (Å²) < 4.78 is 13.7. The largest absolute Gasteiger partial charge is 0.374 e. The van der Waals surface area contributed by atoms with E-state index >= 15 is 0 Å². The highest BCUT2D eigenvalue weighted by Gasteiger charge is 2.23. The van der Waals surface area contributed by atoms with Crippen molar-refractivity contribution in [2.75, 3.05) is 28.6 Å². The van der Waals surface area contributed by atoms with Crippen molar-refractivity contribution in [3.05, 3.63) is 53.3 Å². The number of carbonyl (C=O) groups is 2. The predicted molar refractivity (Wildman–Crippen MR) is 96.6 cm³/mol. The van der Waals surface area contributed by atoms with Crippen molar-refractivity contribution in [3.63, 3.8) is 0 Å². The standard InChI is InChI=1S/C18H17ClFN3O2/c19-12-7-8-14(13(20)10-12)22-17(24)11-21-15-4-1-2-5-16(15)23-9-3-6-18(23)25/h1-2,4-5,7-8,10,21H,3,6,9,11H2,(H,22,24). The number of amides is 2. The average Bonchev–Trinajstić information content (AvgIpc) is 3.02. The van der Waals surface area contributed by atoms with Crippen LogP contribution in [0.15, 0.2) is 42.5 Å². The minimum absolute atomic E-state index is 0.0545. The second kappa shape index (κ2) is 7.53. The van der Waals surface area contributed by atoms with E-state index in [2.05, 4.69) is 10.6 Å². The van der Waals surface area contributed by atoms with Gasteiger partial charge in [0, 0.05) is 18.0 Å². The summed E-state index contributed by atoms with van der Waals surface area (Å²) in [5.41, 5.74) is 1.50. The minimum Gasteiger partial charge on any atom is -0.374 e. The van der Waals surface area contributed by atoms with Gasteiger partial charge in [-0.3, -0.25) is 9.59 Å². The van der Waals surface area contributed by atoms with Gasteiger partial charge in [0.25, 0.3) is 0 Å². The molecule has 1 fully saturated rings. The molecule has 0 bridgehead atoms. The summed E-state index contributed by atoms with van der Waals surface area (Å²) in [6.45, 7) is 0.612. The van der Waals surface area contributed by atoms with Crippen LogP contribution in [-0.4, -0.2) is 24.9 Å². The number of nitrogens with one attached hydrogen (secondary N) is 2. The lowest BCUT2D eigenvalue weighted by Gasteiger charge is -2.20. The molecule has 2 aromatic rings. The number of benzene rings is 2. The van der Waals surface area contributed by atoms with Gasteiger partial charge in [-0.15, -0.1) is 0 Å². The third kappa shape index (κ3) is 4.09. The fourth-order valence-electron chi connectivity index (χ4n) is 2.72. The van der Waals surface area contributed by atoms with Gasteiger partial charge in [-0.2, -0.15) is 0 Å². The van der Waals surface area contributed by atoms with E-state index in [0.29, 0.717) is 18.7 Å². The summed E-state index contributed by atoms with van der Waals surface area (Å²) in [6.07, 6.45) is 1.36. The van der Waals surface area contributed by atoms with Gasteiger partial charge in [-0.05, 0) is 36.8 Å². The quantitative estimate of drug-likeness (QED) is 0.854. The van der Waals surface area contributed by atoms with Gasteiger partial charge in [0.1, 0.15) is 5.82 Å². The van der Waals surface area contributed by atoms with Gasteiger partial charge in [0.2, 0.25) is 11.8 Å². The van der Waals surface area contributed by atoms with Crippen LogP contribution in [0, 0.1) is 5.82 Å². The Kier molecular flexibility index (Phi) is 5.19. The molecule has 5 nitrogen and oxygen atoms in total. The monoisotopic (exact) mass is 361 g/mol. The molecule has 1 heterocycles. The van der Waals surface area contributed by atoms with Gasteiger partial charge in [0.05, 0.1) is 23.6 Å². The highest BCUT2D eigenvalue weighted by atomic mass is 35.5. The number of nitrogens with zero attached hydrogens (tertiary/aromatic N) is 1. The zero-order valence-corrected chi connectivity index (χ0v) is 14.1. The maximum Gasteiger partial charge on any atom is 0.243 e. The second-order valence-corrected chi connectivity index (χ2v) is 6.13. The van der Waals surface area contributed by atoms with Crippen LogP contribution in [0.3, 0.4) is 0 Å². The van der Waals surface area contributed by atoms with Crippen LogP contribution in [-0.2, 0) is 9.59 Å². The number of hydrogen-bond acceptors (Lipinski definition) is 3. The SMILES string of the molecule is O=C(CNc1ccccc1N1CCCC1=O)Nc1ccc(Cl)cc1F. The Morgan fingerprint density at radius 2 is 2.00 bits per heavy atom. The Morgan fingerprint density at radius 3 is 2.72 bits per heavy atom. The molecule has 0 radical (unpaired) electrons. The van der Waals surface area contributed by atoms with Crippen molar-refractivity contribution in [2.24, 2.45) is 0 Å². The molecule has 2 amide bonds. The molecule has 0 spiro atoms. The number of carbonyl (C=O) groups excluding carboxylic acids is 2. The Morgan fingerprint density at radius 1 is 1.20 bits per heavy atom. The Bertz CT molecular complexity index is 813. The third-order valence-corrected chi connectivity index (χ3v) is 4.15. The van der Waals surface area contributed by atoms with Crippen molar-refractivity contribution < 1.29 is 14.0 Å². The molecule has 25 heavy (non-hydrogen) atoms. The first-order chi connectivity index (χ1) is 12.0. The Labute approximate surface area is 149 Å². The summed E-state index contributed by atoms with van der Waals surface area (Å²) in [5, 5.41) is 5.76. The molecule has 0 unspecified atom stereocenters. The maximum atomic E-state index is 13.7. The van der Waals surface area contributed by atoms with Gasteiger partial charge in [-0.25, -0.2) is 4.39 Å². The van der Waals surface area contributed by atoms with Gasteiger partial charge < -0.3 is 15.5 Å². The smallest absolute Gasteiger partial charge is 0.243 e. The van der Waals surface area contributed by atoms with E-state index in [4.69, 9.17) is 11.6 Å². The first-order valence-electron chi connectivity index (χ1n) is 7.93. The Hall–Kier alpha value is -2.60. The Balaban J connectivity index is 1.65. The maximum absolute atomic E-state index is 13.7. The fourth-order valence-corrected chi connectivity index (χ4v) is 2.88. The summed E-state index contributed by atoms with van der Waals surface area (Å²) in [5.74, 6) is -0.922. The molecule has 0 aliphatic carbocycles. The van der Waals surface area contributed by atoms with Crippen molar-refractivity contribution >= 4 is 40.5 Å². The zero-order chi connectivity index (χ0) is 17.8. The van der Waals surface area contributed by atoms with Crippen molar-refractivity contribution in [1.82, 2.24) is 0 Å². The van der Waals surface area contributed by atoms with Gasteiger partial charge >= 0.3 is 0 Å². The van der Waals surface area contributed by atoms with Crippen LogP contribution in [0.1, 0.15) is 12.8 Å². The predicted octanol–water partition coefficient (Wildman–Crippen LogP) is 3.66. The van der Waals surface area contributed by atoms with Crippen LogP contribution in [0.4, 0.5) is 21.5 Å². The van der Waals surface area contributed by atoms with Crippen LogP contribution in [0.25, 0.3) is 0 Å². The van der Waals surface area contributed by atoms with Crippen molar-refractivity contribution in [2.45, 2.75) is 12.8 Å². The minimum atomic E-state index is -0.594. The molecule has 2 N–H and O–H groups in total. The molecule has 0 atom stereocenters. The molecule has 2 aromatic carbocycles.